The summed E-state index contributed by atoms with van der Waals surface area (Å²) in [4.78, 5) is 2.69. The van der Waals surface area contributed by atoms with E-state index in [1.807, 2.05) is 6.92 Å². The van der Waals surface area contributed by atoms with Crippen LogP contribution in [-0.4, -0.2) is 29.6 Å². The molecule has 118 valence electrons. The molecule has 1 saturated heterocycles. The fraction of sp³-hybridized carbons (Fsp3) is 0.778. The van der Waals surface area contributed by atoms with Crippen molar-refractivity contribution < 1.29 is 4.42 Å². The number of aryl methyl sites for hydroxylation is 1. The monoisotopic (exact) mass is 290 g/mol. The van der Waals surface area contributed by atoms with Crippen molar-refractivity contribution in [3.05, 3.63) is 23.7 Å². The predicted molar refractivity (Wildman–Crippen MR) is 86.5 cm³/mol. The van der Waals surface area contributed by atoms with Crippen LogP contribution < -0.4 is 5.32 Å². The predicted octanol–water partition coefficient (Wildman–Crippen LogP) is 4.04. The van der Waals surface area contributed by atoms with Crippen molar-refractivity contribution in [1.82, 2.24) is 10.2 Å². The Hall–Kier alpha value is -0.800. The van der Waals surface area contributed by atoms with Gasteiger partial charge in [0, 0.05) is 24.7 Å². The van der Waals surface area contributed by atoms with E-state index in [-0.39, 0.29) is 0 Å². The van der Waals surface area contributed by atoms with Crippen LogP contribution in [-0.2, 0) is 0 Å². The second kappa shape index (κ2) is 6.13. The molecule has 1 saturated carbocycles. The highest BCUT2D eigenvalue weighted by Crippen LogP contribution is 2.36. The number of rotatable bonds is 3. The maximum atomic E-state index is 5.91. The van der Waals surface area contributed by atoms with E-state index >= 15 is 0 Å². The molecule has 1 aliphatic heterocycles. The van der Waals surface area contributed by atoms with Crippen LogP contribution in [0.3, 0.4) is 0 Å². The van der Waals surface area contributed by atoms with Gasteiger partial charge in [-0.3, -0.25) is 4.90 Å². The molecule has 0 aromatic carbocycles. The largest absolute Gasteiger partial charge is 0.465 e. The molecule has 2 atom stereocenters. The van der Waals surface area contributed by atoms with Crippen LogP contribution in [0.4, 0.5) is 0 Å². The molecule has 1 aliphatic carbocycles. The molecule has 0 amide bonds. The van der Waals surface area contributed by atoms with Crippen LogP contribution in [0.5, 0.6) is 0 Å². The van der Waals surface area contributed by atoms with Gasteiger partial charge in [-0.15, -0.1) is 0 Å². The summed E-state index contributed by atoms with van der Waals surface area (Å²) in [7, 11) is 0. The molecule has 1 aromatic heterocycles. The van der Waals surface area contributed by atoms with Crippen molar-refractivity contribution in [2.75, 3.05) is 13.1 Å². The van der Waals surface area contributed by atoms with E-state index in [9.17, 15) is 0 Å². The zero-order chi connectivity index (χ0) is 14.9. The number of nitrogens with zero attached hydrogens (tertiary/aromatic N) is 1. The summed E-state index contributed by atoms with van der Waals surface area (Å²) in [6, 6.07) is 5.25. The van der Waals surface area contributed by atoms with Crippen LogP contribution in [0.1, 0.15) is 69.9 Å². The Bertz CT molecular complexity index is 462. The van der Waals surface area contributed by atoms with Gasteiger partial charge in [-0.05, 0) is 45.2 Å². The molecule has 2 aliphatic rings. The Kier molecular flexibility index (Phi) is 4.41. The van der Waals surface area contributed by atoms with Crippen LogP contribution in [0.2, 0.25) is 0 Å². The van der Waals surface area contributed by atoms with Crippen molar-refractivity contribution in [3.8, 4) is 0 Å². The van der Waals surface area contributed by atoms with Crippen LogP contribution >= 0.6 is 0 Å². The van der Waals surface area contributed by atoms with E-state index in [1.54, 1.807) is 0 Å². The lowest BCUT2D eigenvalue weighted by Crippen LogP contribution is -2.64. The number of hydrogen-bond acceptors (Lipinski definition) is 3. The molecule has 21 heavy (non-hydrogen) atoms. The second-order valence-electron chi connectivity index (χ2n) is 7.08. The summed E-state index contributed by atoms with van der Waals surface area (Å²) in [6.07, 6.45) is 8.05. The van der Waals surface area contributed by atoms with Crippen LogP contribution in [0.15, 0.2) is 16.5 Å². The highest BCUT2D eigenvalue weighted by atomic mass is 16.3. The Balaban J connectivity index is 1.78. The van der Waals surface area contributed by atoms with Gasteiger partial charge in [-0.1, -0.05) is 26.2 Å². The van der Waals surface area contributed by atoms with Gasteiger partial charge >= 0.3 is 0 Å². The highest BCUT2D eigenvalue weighted by Gasteiger charge is 2.41. The third-order valence-electron chi connectivity index (χ3n) is 5.62. The molecular weight excluding hydrogens is 260 g/mol. The highest BCUT2D eigenvalue weighted by molar-refractivity contribution is 5.11. The Labute approximate surface area is 129 Å². The number of furan rings is 1. The van der Waals surface area contributed by atoms with Gasteiger partial charge in [0.05, 0.1) is 6.04 Å². The first-order valence-corrected chi connectivity index (χ1v) is 8.71. The maximum Gasteiger partial charge on any atom is 0.121 e. The lowest BCUT2D eigenvalue weighted by Gasteiger charge is -2.51. The molecule has 1 N–H and O–H groups in total. The van der Waals surface area contributed by atoms with Crippen molar-refractivity contribution >= 4 is 0 Å². The van der Waals surface area contributed by atoms with E-state index in [2.05, 4.69) is 36.2 Å². The van der Waals surface area contributed by atoms with Crippen molar-refractivity contribution in [2.45, 2.75) is 76.9 Å². The standard InChI is InChI=1S/C18H30N2O/c1-4-16-12-19-18(10-6-5-7-11-18)13-20(16)15(3)17-9-8-14(2)21-17/h8-9,15-16,19H,4-7,10-13H2,1-3H3. The van der Waals surface area contributed by atoms with Gasteiger partial charge in [-0.2, -0.15) is 0 Å². The lowest BCUT2D eigenvalue weighted by molar-refractivity contribution is 0.0206. The zero-order valence-corrected chi connectivity index (χ0v) is 13.8. The third-order valence-corrected chi connectivity index (χ3v) is 5.62. The normalized spacial score (nSPS) is 27.9. The summed E-state index contributed by atoms with van der Waals surface area (Å²) < 4.78 is 5.91. The first-order chi connectivity index (χ1) is 10.1. The molecule has 2 unspecified atom stereocenters. The average Bonchev–Trinajstić information content (AvgIpc) is 2.94. The van der Waals surface area contributed by atoms with Crippen LogP contribution in [0.25, 0.3) is 0 Å². The molecule has 3 nitrogen and oxygen atoms in total. The average molecular weight is 290 g/mol. The van der Waals surface area contributed by atoms with E-state index in [4.69, 9.17) is 4.42 Å². The summed E-state index contributed by atoms with van der Waals surface area (Å²) in [5, 5.41) is 3.90. The minimum absolute atomic E-state index is 0.361. The SMILES string of the molecule is CCC1CNC2(CCCCC2)CN1C(C)c1ccc(C)o1. The lowest BCUT2D eigenvalue weighted by atomic mass is 9.79. The first-order valence-electron chi connectivity index (χ1n) is 8.71. The molecule has 1 spiro atoms. The van der Waals surface area contributed by atoms with Crippen LogP contribution in [0, 0.1) is 6.92 Å². The van der Waals surface area contributed by atoms with Crippen molar-refractivity contribution in [1.29, 1.82) is 0 Å². The van der Waals surface area contributed by atoms with E-state index in [0.29, 0.717) is 17.6 Å². The number of hydrogen-bond donors (Lipinski definition) is 1. The van der Waals surface area contributed by atoms with E-state index in [0.717, 1.165) is 18.1 Å². The third kappa shape index (κ3) is 3.04. The summed E-state index contributed by atoms with van der Waals surface area (Å²) >= 11 is 0. The molecule has 3 rings (SSSR count). The number of nitrogens with one attached hydrogen (secondary N) is 1. The second-order valence-corrected chi connectivity index (χ2v) is 7.08. The summed E-state index contributed by atoms with van der Waals surface area (Å²) in [5.41, 5.74) is 0.361. The van der Waals surface area contributed by atoms with Crippen molar-refractivity contribution in [2.24, 2.45) is 0 Å². The topological polar surface area (TPSA) is 28.4 Å². The van der Waals surface area contributed by atoms with Crippen molar-refractivity contribution in [3.63, 3.8) is 0 Å². The Morgan fingerprint density at radius 3 is 2.71 bits per heavy atom. The Morgan fingerprint density at radius 2 is 2.10 bits per heavy atom. The summed E-state index contributed by atoms with van der Waals surface area (Å²) in [5.74, 6) is 2.14. The molecule has 3 heteroatoms. The smallest absolute Gasteiger partial charge is 0.121 e. The van der Waals surface area contributed by atoms with Gasteiger partial charge in [-0.25, -0.2) is 0 Å². The van der Waals surface area contributed by atoms with Gasteiger partial charge in [0.1, 0.15) is 11.5 Å². The minimum atomic E-state index is 0.361. The summed E-state index contributed by atoms with van der Waals surface area (Å²) in [6.45, 7) is 8.95. The number of piperazine rings is 1. The first kappa shape index (κ1) is 15.1. The minimum Gasteiger partial charge on any atom is -0.465 e. The maximum absolute atomic E-state index is 5.91. The fourth-order valence-electron chi connectivity index (χ4n) is 4.22. The molecule has 1 aromatic rings. The molecule has 0 radical (unpaired) electrons. The van der Waals surface area contributed by atoms with Gasteiger partial charge < -0.3 is 9.73 Å². The van der Waals surface area contributed by atoms with Gasteiger partial charge in [0.2, 0.25) is 0 Å². The van der Waals surface area contributed by atoms with Gasteiger partial charge in [0.25, 0.3) is 0 Å². The quantitative estimate of drug-likeness (QED) is 0.911. The Morgan fingerprint density at radius 1 is 1.33 bits per heavy atom. The fourth-order valence-corrected chi connectivity index (χ4v) is 4.22. The van der Waals surface area contributed by atoms with E-state index in [1.165, 1.54) is 45.1 Å². The van der Waals surface area contributed by atoms with E-state index < -0.39 is 0 Å². The zero-order valence-electron chi connectivity index (χ0n) is 13.8. The molecule has 2 fully saturated rings. The van der Waals surface area contributed by atoms with Gasteiger partial charge in [0.15, 0.2) is 0 Å². The molecule has 2 heterocycles. The molecular formula is C18H30N2O. The molecule has 0 bridgehead atoms.